The van der Waals surface area contributed by atoms with E-state index in [-0.39, 0.29) is 17.4 Å². The van der Waals surface area contributed by atoms with E-state index in [1.54, 1.807) is 16.7 Å². The fourth-order valence-electron chi connectivity index (χ4n) is 2.42. The molecular formula is C14H13FN2O. The highest BCUT2D eigenvalue weighted by molar-refractivity contribution is 5.58. The standard InChI is InChI=1S/C14H13FN2O/c1-9-2-7-13-16-12(8-14(18)17(9)13)10-3-5-11(15)6-4-10/h3-6,8-9H,2,7H2,1H3/t9-/m0/s1. The van der Waals surface area contributed by atoms with E-state index in [1.807, 2.05) is 6.92 Å². The van der Waals surface area contributed by atoms with Gasteiger partial charge in [-0.05, 0) is 37.6 Å². The summed E-state index contributed by atoms with van der Waals surface area (Å²) in [6.07, 6.45) is 1.78. The normalized spacial score (nSPS) is 17.8. The van der Waals surface area contributed by atoms with Crippen LogP contribution < -0.4 is 5.56 Å². The molecule has 0 N–H and O–H groups in total. The third-order valence-electron chi connectivity index (χ3n) is 3.39. The van der Waals surface area contributed by atoms with Crippen molar-refractivity contribution >= 4 is 0 Å². The third kappa shape index (κ3) is 1.74. The van der Waals surface area contributed by atoms with Crippen LogP contribution in [0.5, 0.6) is 0 Å². The first-order valence-electron chi connectivity index (χ1n) is 6.03. The van der Waals surface area contributed by atoms with Crippen LogP contribution in [0, 0.1) is 5.82 Å². The molecule has 1 aliphatic rings. The number of rotatable bonds is 1. The van der Waals surface area contributed by atoms with E-state index in [2.05, 4.69) is 4.98 Å². The average molecular weight is 244 g/mol. The van der Waals surface area contributed by atoms with Crippen molar-refractivity contribution in [3.05, 3.63) is 52.3 Å². The second kappa shape index (κ2) is 4.05. The van der Waals surface area contributed by atoms with E-state index < -0.39 is 0 Å². The molecule has 0 saturated heterocycles. The van der Waals surface area contributed by atoms with Crippen LogP contribution >= 0.6 is 0 Å². The molecule has 3 nitrogen and oxygen atoms in total. The average Bonchev–Trinajstić information content (AvgIpc) is 2.72. The van der Waals surface area contributed by atoms with Crippen molar-refractivity contribution in [2.75, 3.05) is 0 Å². The summed E-state index contributed by atoms with van der Waals surface area (Å²) in [4.78, 5) is 16.5. The molecule has 1 aromatic heterocycles. The summed E-state index contributed by atoms with van der Waals surface area (Å²) in [5.74, 6) is 0.541. The van der Waals surface area contributed by atoms with Gasteiger partial charge in [0, 0.05) is 24.1 Å². The molecule has 1 aliphatic heterocycles. The van der Waals surface area contributed by atoms with Gasteiger partial charge in [0.15, 0.2) is 0 Å². The van der Waals surface area contributed by atoms with Crippen molar-refractivity contribution in [1.29, 1.82) is 0 Å². The maximum absolute atomic E-state index is 12.9. The molecule has 0 spiro atoms. The molecule has 4 heteroatoms. The Balaban J connectivity index is 2.13. The lowest BCUT2D eigenvalue weighted by atomic mass is 10.1. The van der Waals surface area contributed by atoms with Crippen LogP contribution in [0.25, 0.3) is 11.3 Å². The molecule has 2 aromatic rings. The van der Waals surface area contributed by atoms with Crippen molar-refractivity contribution in [1.82, 2.24) is 9.55 Å². The van der Waals surface area contributed by atoms with Crippen molar-refractivity contribution in [3.8, 4) is 11.3 Å². The Morgan fingerprint density at radius 3 is 2.78 bits per heavy atom. The number of hydrogen-bond donors (Lipinski definition) is 0. The van der Waals surface area contributed by atoms with Gasteiger partial charge in [0.25, 0.3) is 5.56 Å². The van der Waals surface area contributed by atoms with Crippen LogP contribution in [0.2, 0.25) is 0 Å². The maximum atomic E-state index is 12.9. The van der Waals surface area contributed by atoms with E-state index in [0.29, 0.717) is 5.69 Å². The number of aryl methyl sites for hydroxylation is 1. The van der Waals surface area contributed by atoms with Gasteiger partial charge in [0.05, 0.1) is 5.69 Å². The first kappa shape index (κ1) is 11.1. The van der Waals surface area contributed by atoms with Crippen LogP contribution in [0.3, 0.4) is 0 Å². The molecule has 1 atom stereocenters. The predicted molar refractivity (Wildman–Crippen MR) is 66.9 cm³/mol. The molecular weight excluding hydrogens is 231 g/mol. The predicted octanol–water partition coefficient (Wildman–Crippen LogP) is 2.56. The molecule has 0 aliphatic carbocycles. The fourth-order valence-corrected chi connectivity index (χ4v) is 2.42. The minimum Gasteiger partial charge on any atom is -0.294 e. The van der Waals surface area contributed by atoms with Crippen LogP contribution in [0.1, 0.15) is 25.2 Å². The minimum absolute atomic E-state index is 0.0238. The highest BCUT2D eigenvalue weighted by Gasteiger charge is 2.21. The van der Waals surface area contributed by atoms with Gasteiger partial charge in [0.2, 0.25) is 0 Å². The highest BCUT2D eigenvalue weighted by Crippen LogP contribution is 2.24. The molecule has 92 valence electrons. The van der Waals surface area contributed by atoms with Gasteiger partial charge in [-0.3, -0.25) is 9.36 Å². The summed E-state index contributed by atoms with van der Waals surface area (Å²) in [5.41, 5.74) is 1.38. The lowest BCUT2D eigenvalue weighted by molar-refractivity contribution is 0.560. The van der Waals surface area contributed by atoms with Gasteiger partial charge < -0.3 is 0 Å². The Morgan fingerprint density at radius 2 is 2.06 bits per heavy atom. The monoisotopic (exact) mass is 244 g/mol. The van der Waals surface area contributed by atoms with Crippen LogP contribution in [0.15, 0.2) is 35.1 Å². The Labute approximate surface area is 104 Å². The largest absolute Gasteiger partial charge is 0.294 e. The van der Waals surface area contributed by atoms with Crippen LogP contribution in [0.4, 0.5) is 4.39 Å². The Kier molecular flexibility index (Phi) is 2.51. The molecule has 18 heavy (non-hydrogen) atoms. The number of hydrogen-bond acceptors (Lipinski definition) is 2. The highest BCUT2D eigenvalue weighted by atomic mass is 19.1. The summed E-state index contributed by atoms with van der Waals surface area (Å²) in [6, 6.07) is 7.80. The van der Waals surface area contributed by atoms with E-state index in [4.69, 9.17) is 0 Å². The second-order valence-corrected chi connectivity index (χ2v) is 4.66. The minimum atomic E-state index is -0.287. The Bertz CT molecular complexity index is 646. The number of fused-ring (bicyclic) bond motifs is 1. The molecule has 1 aromatic carbocycles. The molecule has 0 bridgehead atoms. The van der Waals surface area contributed by atoms with Crippen molar-refractivity contribution in [2.45, 2.75) is 25.8 Å². The summed E-state index contributed by atoms with van der Waals surface area (Å²) in [5, 5.41) is 0. The van der Waals surface area contributed by atoms with Crippen molar-refractivity contribution in [2.24, 2.45) is 0 Å². The van der Waals surface area contributed by atoms with Gasteiger partial charge in [-0.15, -0.1) is 0 Å². The molecule has 3 rings (SSSR count). The quantitative estimate of drug-likeness (QED) is 0.772. The van der Waals surface area contributed by atoms with Crippen LogP contribution in [-0.4, -0.2) is 9.55 Å². The smallest absolute Gasteiger partial charge is 0.254 e. The van der Waals surface area contributed by atoms with Gasteiger partial charge in [-0.2, -0.15) is 0 Å². The van der Waals surface area contributed by atoms with Crippen molar-refractivity contribution in [3.63, 3.8) is 0 Å². The van der Waals surface area contributed by atoms with Gasteiger partial charge in [-0.1, -0.05) is 0 Å². The Hall–Kier alpha value is -1.97. The Morgan fingerprint density at radius 1 is 1.33 bits per heavy atom. The number of nitrogens with zero attached hydrogens (tertiary/aromatic N) is 2. The van der Waals surface area contributed by atoms with E-state index in [9.17, 15) is 9.18 Å². The number of aromatic nitrogens is 2. The maximum Gasteiger partial charge on any atom is 0.254 e. The fraction of sp³-hybridized carbons (Fsp3) is 0.286. The molecule has 0 saturated carbocycles. The SMILES string of the molecule is C[C@H]1CCc2nc(-c3ccc(F)cc3)cc(=O)n21. The summed E-state index contributed by atoms with van der Waals surface area (Å²) < 4.78 is 14.6. The van der Waals surface area contributed by atoms with E-state index in [0.717, 1.165) is 24.2 Å². The van der Waals surface area contributed by atoms with Crippen molar-refractivity contribution < 1.29 is 4.39 Å². The third-order valence-corrected chi connectivity index (χ3v) is 3.39. The van der Waals surface area contributed by atoms with Gasteiger partial charge >= 0.3 is 0 Å². The topological polar surface area (TPSA) is 34.9 Å². The first-order chi connectivity index (χ1) is 8.65. The van der Waals surface area contributed by atoms with E-state index >= 15 is 0 Å². The zero-order valence-corrected chi connectivity index (χ0v) is 10.1. The second-order valence-electron chi connectivity index (χ2n) is 4.66. The van der Waals surface area contributed by atoms with E-state index in [1.165, 1.54) is 18.2 Å². The van der Waals surface area contributed by atoms with Crippen LogP contribution in [-0.2, 0) is 6.42 Å². The molecule has 0 fully saturated rings. The molecule has 2 heterocycles. The zero-order valence-electron chi connectivity index (χ0n) is 10.1. The molecule has 0 unspecified atom stereocenters. The molecule has 0 radical (unpaired) electrons. The lowest BCUT2D eigenvalue weighted by Crippen LogP contribution is -2.22. The number of halogens is 1. The summed E-state index contributed by atoms with van der Waals surface area (Å²) in [6.45, 7) is 2.02. The summed E-state index contributed by atoms with van der Waals surface area (Å²) >= 11 is 0. The number of benzene rings is 1. The van der Waals surface area contributed by atoms with Gasteiger partial charge in [-0.25, -0.2) is 9.37 Å². The van der Waals surface area contributed by atoms with Gasteiger partial charge in [0.1, 0.15) is 11.6 Å². The molecule has 0 amide bonds. The zero-order chi connectivity index (χ0) is 12.7. The first-order valence-corrected chi connectivity index (χ1v) is 6.03. The summed E-state index contributed by atoms with van der Waals surface area (Å²) in [7, 11) is 0. The lowest BCUT2D eigenvalue weighted by Gasteiger charge is -2.09.